The molecule has 1 aliphatic heterocycles. The van der Waals surface area contributed by atoms with E-state index in [2.05, 4.69) is 29.0 Å². The molecule has 1 atom stereocenters. The van der Waals surface area contributed by atoms with Crippen molar-refractivity contribution in [1.82, 2.24) is 10.2 Å². The van der Waals surface area contributed by atoms with E-state index >= 15 is 0 Å². The van der Waals surface area contributed by atoms with Crippen molar-refractivity contribution in [2.24, 2.45) is 0 Å². The number of hydrogen-bond acceptors (Lipinski definition) is 2. The summed E-state index contributed by atoms with van der Waals surface area (Å²) < 4.78 is 0. The Morgan fingerprint density at radius 3 is 3.07 bits per heavy atom. The van der Waals surface area contributed by atoms with Crippen molar-refractivity contribution in [3.63, 3.8) is 0 Å². The SMILES string of the molecule is CC#CCCN1CCCNC(CC)C1. The largest absolute Gasteiger partial charge is 0.313 e. The van der Waals surface area contributed by atoms with Crippen molar-refractivity contribution in [2.75, 3.05) is 26.2 Å². The number of nitrogens with zero attached hydrogens (tertiary/aromatic N) is 1. The van der Waals surface area contributed by atoms with E-state index in [1.54, 1.807) is 0 Å². The summed E-state index contributed by atoms with van der Waals surface area (Å²) in [5, 5.41) is 3.57. The molecule has 1 unspecified atom stereocenters. The number of nitrogens with one attached hydrogen (secondary N) is 1. The zero-order valence-electron chi connectivity index (χ0n) is 9.47. The molecule has 0 bridgehead atoms. The van der Waals surface area contributed by atoms with Gasteiger partial charge in [0.1, 0.15) is 0 Å². The maximum Gasteiger partial charge on any atom is 0.0216 e. The Labute approximate surface area is 88.1 Å². The highest BCUT2D eigenvalue weighted by Gasteiger charge is 2.14. The maximum atomic E-state index is 3.57. The molecule has 1 rings (SSSR count). The molecule has 0 aliphatic carbocycles. The first kappa shape index (κ1) is 11.6. The fourth-order valence-corrected chi connectivity index (χ4v) is 1.89. The van der Waals surface area contributed by atoms with Crippen molar-refractivity contribution in [2.45, 2.75) is 39.2 Å². The highest BCUT2D eigenvalue weighted by Crippen LogP contribution is 2.03. The molecule has 1 aliphatic rings. The number of hydrogen-bond donors (Lipinski definition) is 1. The van der Waals surface area contributed by atoms with Crippen LogP contribution in [0.25, 0.3) is 0 Å². The minimum absolute atomic E-state index is 0.687. The predicted molar refractivity (Wildman–Crippen MR) is 61.2 cm³/mol. The molecular weight excluding hydrogens is 172 g/mol. The van der Waals surface area contributed by atoms with Crippen LogP contribution in [0.4, 0.5) is 0 Å². The topological polar surface area (TPSA) is 15.3 Å². The third-order valence-electron chi connectivity index (χ3n) is 2.79. The van der Waals surface area contributed by atoms with Crippen LogP contribution in [-0.2, 0) is 0 Å². The van der Waals surface area contributed by atoms with Crippen LogP contribution in [0.2, 0.25) is 0 Å². The molecule has 0 radical (unpaired) electrons. The smallest absolute Gasteiger partial charge is 0.0216 e. The van der Waals surface area contributed by atoms with Crippen molar-refractivity contribution < 1.29 is 0 Å². The van der Waals surface area contributed by atoms with E-state index in [1.807, 2.05) is 6.92 Å². The van der Waals surface area contributed by atoms with Gasteiger partial charge in [0.05, 0.1) is 0 Å². The fraction of sp³-hybridized carbons (Fsp3) is 0.833. The standard InChI is InChI=1S/C12H22N2/c1-3-5-6-9-14-10-7-8-13-12(4-2)11-14/h12-13H,4,6-11H2,1-2H3. The molecule has 0 amide bonds. The molecule has 14 heavy (non-hydrogen) atoms. The molecular formula is C12H22N2. The predicted octanol–water partition coefficient (Wildman–Crippen LogP) is 1.47. The zero-order chi connectivity index (χ0) is 10.2. The van der Waals surface area contributed by atoms with Gasteiger partial charge in [-0.25, -0.2) is 0 Å². The summed E-state index contributed by atoms with van der Waals surface area (Å²) in [6.07, 6.45) is 3.53. The molecule has 1 fully saturated rings. The lowest BCUT2D eigenvalue weighted by molar-refractivity contribution is 0.271. The van der Waals surface area contributed by atoms with Crippen molar-refractivity contribution in [3.05, 3.63) is 0 Å². The quantitative estimate of drug-likeness (QED) is 0.685. The molecule has 2 nitrogen and oxygen atoms in total. The van der Waals surface area contributed by atoms with E-state index in [-0.39, 0.29) is 0 Å². The second kappa shape index (κ2) is 6.86. The van der Waals surface area contributed by atoms with Gasteiger partial charge in [-0.1, -0.05) is 6.92 Å². The summed E-state index contributed by atoms with van der Waals surface area (Å²) in [5.74, 6) is 6.09. The Balaban J connectivity index is 2.29. The Bertz CT molecular complexity index is 202. The Morgan fingerprint density at radius 1 is 1.50 bits per heavy atom. The summed E-state index contributed by atoms with van der Waals surface area (Å²) >= 11 is 0. The highest BCUT2D eigenvalue weighted by molar-refractivity contribution is 4.95. The molecule has 0 aromatic carbocycles. The lowest BCUT2D eigenvalue weighted by Crippen LogP contribution is -2.37. The van der Waals surface area contributed by atoms with Crippen molar-refractivity contribution in [3.8, 4) is 11.8 Å². The third-order valence-corrected chi connectivity index (χ3v) is 2.79. The van der Waals surface area contributed by atoms with Gasteiger partial charge in [0.2, 0.25) is 0 Å². The van der Waals surface area contributed by atoms with Gasteiger partial charge in [-0.3, -0.25) is 0 Å². The van der Waals surface area contributed by atoms with Crippen LogP contribution in [0.1, 0.15) is 33.1 Å². The maximum absolute atomic E-state index is 3.57. The van der Waals surface area contributed by atoms with Gasteiger partial charge in [0.25, 0.3) is 0 Å². The van der Waals surface area contributed by atoms with E-state index in [0.29, 0.717) is 6.04 Å². The Hall–Kier alpha value is -0.520. The summed E-state index contributed by atoms with van der Waals surface area (Å²) in [6.45, 7) is 8.91. The van der Waals surface area contributed by atoms with Crippen LogP contribution >= 0.6 is 0 Å². The van der Waals surface area contributed by atoms with Gasteiger partial charge in [-0.15, -0.1) is 11.8 Å². The van der Waals surface area contributed by atoms with Crippen LogP contribution in [0.3, 0.4) is 0 Å². The van der Waals surface area contributed by atoms with Crippen molar-refractivity contribution >= 4 is 0 Å². The van der Waals surface area contributed by atoms with E-state index in [1.165, 1.54) is 32.5 Å². The first-order chi connectivity index (χ1) is 6.86. The van der Waals surface area contributed by atoms with Crippen LogP contribution in [0.15, 0.2) is 0 Å². The lowest BCUT2D eigenvalue weighted by atomic mass is 10.2. The van der Waals surface area contributed by atoms with E-state index in [9.17, 15) is 0 Å². The average Bonchev–Trinajstić information content (AvgIpc) is 2.43. The molecule has 0 aromatic rings. The Kier molecular flexibility index (Phi) is 5.66. The molecule has 0 saturated carbocycles. The Morgan fingerprint density at radius 2 is 2.36 bits per heavy atom. The van der Waals surface area contributed by atoms with Gasteiger partial charge >= 0.3 is 0 Å². The highest BCUT2D eigenvalue weighted by atomic mass is 15.2. The first-order valence-corrected chi connectivity index (χ1v) is 5.72. The van der Waals surface area contributed by atoms with Gasteiger partial charge in [-0.05, 0) is 32.9 Å². The van der Waals surface area contributed by atoms with E-state index < -0.39 is 0 Å². The minimum atomic E-state index is 0.687. The summed E-state index contributed by atoms with van der Waals surface area (Å²) in [6, 6.07) is 0.687. The van der Waals surface area contributed by atoms with Gasteiger partial charge in [-0.2, -0.15) is 0 Å². The lowest BCUT2D eigenvalue weighted by Gasteiger charge is -2.22. The average molecular weight is 194 g/mol. The minimum Gasteiger partial charge on any atom is -0.313 e. The second-order valence-electron chi connectivity index (χ2n) is 3.89. The van der Waals surface area contributed by atoms with E-state index in [0.717, 1.165) is 13.0 Å². The fourth-order valence-electron chi connectivity index (χ4n) is 1.89. The zero-order valence-corrected chi connectivity index (χ0v) is 9.47. The first-order valence-electron chi connectivity index (χ1n) is 5.72. The monoisotopic (exact) mass is 194 g/mol. The van der Waals surface area contributed by atoms with E-state index in [4.69, 9.17) is 0 Å². The third kappa shape index (κ3) is 4.13. The van der Waals surface area contributed by atoms with Crippen LogP contribution in [0, 0.1) is 11.8 Å². The van der Waals surface area contributed by atoms with Crippen molar-refractivity contribution in [1.29, 1.82) is 0 Å². The molecule has 1 heterocycles. The van der Waals surface area contributed by atoms with Crippen LogP contribution in [0.5, 0.6) is 0 Å². The number of rotatable bonds is 3. The van der Waals surface area contributed by atoms with Crippen LogP contribution in [-0.4, -0.2) is 37.1 Å². The molecule has 80 valence electrons. The second-order valence-corrected chi connectivity index (χ2v) is 3.89. The molecule has 0 spiro atoms. The molecule has 2 heteroatoms. The summed E-state index contributed by atoms with van der Waals surface area (Å²) in [5.41, 5.74) is 0. The van der Waals surface area contributed by atoms with Crippen LogP contribution < -0.4 is 5.32 Å². The van der Waals surface area contributed by atoms with Gasteiger partial charge in [0.15, 0.2) is 0 Å². The summed E-state index contributed by atoms with van der Waals surface area (Å²) in [7, 11) is 0. The summed E-state index contributed by atoms with van der Waals surface area (Å²) in [4.78, 5) is 2.54. The van der Waals surface area contributed by atoms with Gasteiger partial charge < -0.3 is 10.2 Å². The van der Waals surface area contributed by atoms with Gasteiger partial charge in [0, 0.05) is 25.6 Å². The molecule has 1 N–H and O–H groups in total. The molecule has 0 aromatic heterocycles. The normalized spacial score (nSPS) is 23.7. The molecule has 1 saturated heterocycles.